The van der Waals surface area contributed by atoms with E-state index in [0.717, 1.165) is 30.7 Å². The van der Waals surface area contributed by atoms with Crippen LogP contribution in [0.3, 0.4) is 0 Å². The molecule has 4 saturated carbocycles. The standard InChI is InChI=1S/C25H36N2O2/c1-2-21-5-3-4-6-22(21)14-27-16-25(29,17-27)15-26-23(28)13-24-10-18-7-19(11-24)9-20(8-18)12-24/h3-6,18-20,29H,2,7-17H2,1H3,(H,26,28). The largest absolute Gasteiger partial charge is 0.385 e. The number of hydrogen-bond donors (Lipinski definition) is 2. The summed E-state index contributed by atoms with van der Waals surface area (Å²) in [6.07, 6.45) is 9.76. The highest BCUT2D eigenvalue weighted by Gasteiger charge is 2.51. The van der Waals surface area contributed by atoms with Crippen molar-refractivity contribution < 1.29 is 9.90 Å². The van der Waals surface area contributed by atoms with E-state index in [1.807, 2.05) is 0 Å². The molecule has 0 atom stereocenters. The Bertz CT molecular complexity index is 733. The lowest BCUT2D eigenvalue weighted by Crippen LogP contribution is -2.65. The third-order valence-electron chi connectivity index (χ3n) is 8.24. The molecule has 1 aromatic rings. The van der Waals surface area contributed by atoms with Gasteiger partial charge in [0.15, 0.2) is 0 Å². The minimum atomic E-state index is -0.766. The summed E-state index contributed by atoms with van der Waals surface area (Å²) in [5, 5.41) is 13.9. The molecule has 2 N–H and O–H groups in total. The van der Waals surface area contributed by atoms with Crippen molar-refractivity contribution >= 4 is 5.91 Å². The molecular formula is C25H36N2O2. The highest BCUT2D eigenvalue weighted by Crippen LogP contribution is 2.61. The first kappa shape index (κ1) is 19.6. The third kappa shape index (κ3) is 3.98. The average Bonchev–Trinajstić information content (AvgIpc) is 2.64. The van der Waals surface area contributed by atoms with Crippen molar-refractivity contribution in [2.75, 3.05) is 19.6 Å². The Kier molecular flexibility index (Phi) is 4.98. The lowest BCUT2D eigenvalue weighted by molar-refractivity contribution is -0.134. The molecule has 1 aliphatic heterocycles. The first-order valence-corrected chi connectivity index (χ1v) is 11.7. The molecule has 4 nitrogen and oxygen atoms in total. The molecule has 1 aromatic carbocycles. The lowest BCUT2D eigenvalue weighted by Gasteiger charge is -2.56. The van der Waals surface area contributed by atoms with Crippen molar-refractivity contribution in [3.05, 3.63) is 35.4 Å². The summed E-state index contributed by atoms with van der Waals surface area (Å²) in [7, 11) is 0. The number of rotatable bonds is 7. The second-order valence-corrected chi connectivity index (χ2v) is 10.9. The van der Waals surface area contributed by atoms with Gasteiger partial charge in [-0.1, -0.05) is 31.2 Å². The van der Waals surface area contributed by atoms with Crippen molar-refractivity contribution in [3.63, 3.8) is 0 Å². The lowest BCUT2D eigenvalue weighted by atomic mass is 9.49. The second kappa shape index (κ2) is 7.39. The first-order chi connectivity index (χ1) is 13.9. The number of carbonyl (C=O) groups is 1. The topological polar surface area (TPSA) is 52.6 Å². The second-order valence-electron chi connectivity index (χ2n) is 10.9. The van der Waals surface area contributed by atoms with Crippen LogP contribution in [0, 0.1) is 23.2 Å². The molecule has 0 unspecified atom stereocenters. The van der Waals surface area contributed by atoms with Gasteiger partial charge in [-0.25, -0.2) is 0 Å². The van der Waals surface area contributed by atoms with Crippen LogP contribution in [0.2, 0.25) is 0 Å². The molecule has 4 bridgehead atoms. The number of β-amino-alcohol motifs (C(OH)–C–C–N with tert-alkyl or cyclic N) is 1. The summed E-state index contributed by atoms with van der Waals surface area (Å²) >= 11 is 0. The number of amides is 1. The number of hydrogen-bond acceptors (Lipinski definition) is 3. The Morgan fingerprint density at radius 3 is 2.24 bits per heavy atom. The van der Waals surface area contributed by atoms with Gasteiger partial charge in [-0.3, -0.25) is 9.69 Å². The molecule has 5 fully saturated rings. The van der Waals surface area contributed by atoms with Gasteiger partial charge in [-0.15, -0.1) is 0 Å². The van der Waals surface area contributed by atoms with E-state index >= 15 is 0 Å². The molecule has 1 amide bonds. The van der Waals surface area contributed by atoms with Crippen LogP contribution in [0.15, 0.2) is 24.3 Å². The number of nitrogens with one attached hydrogen (secondary N) is 1. The minimum absolute atomic E-state index is 0.162. The molecule has 158 valence electrons. The van der Waals surface area contributed by atoms with E-state index < -0.39 is 5.60 Å². The molecule has 29 heavy (non-hydrogen) atoms. The molecule has 1 saturated heterocycles. The van der Waals surface area contributed by atoms with Crippen LogP contribution in [0.5, 0.6) is 0 Å². The minimum Gasteiger partial charge on any atom is -0.385 e. The van der Waals surface area contributed by atoms with E-state index in [1.54, 1.807) is 0 Å². The Hall–Kier alpha value is -1.39. The van der Waals surface area contributed by atoms with Gasteiger partial charge >= 0.3 is 0 Å². The summed E-state index contributed by atoms with van der Waals surface area (Å²) in [5.41, 5.74) is 2.24. The number of aliphatic hydroxyl groups is 1. The van der Waals surface area contributed by atoms with E-state index in [9.17, 15) is 9.90 Å². The van der Waals surface area contributed by atoms with Crippen LogP contribution < -0.4 is 5.32 Å². The third-order valence-corrected chi connectivity index (χ3v) is 8.24. The van der Waals surface area contributed by atoms with Crippen LogP contribution in [0.1, 0.15) is 63.0 Å². The van der Waals surface area contributed by atoms with Gasteiger partial charge in [-0.2, -0.15) is 0 Å². The molecule has 5 aliphatic rings. The zero-order valence-electron chi connectivity index (χ0n) is 17.8. The van der Waals surface area contributed by atoms with E-state index in [2.05, 4.69) is 41.4 Å². The van der Waals surface area contributed by atoms with E-state index in [1.165, 1.54) is 49.7 Å². The normalized spacial score (nSPS) is 34.8. The van der Waals surface area contributed by atoms with Gasteiger partial charge in [0.2, 0.25) is 5.91 Å². The summed E-state index contributed by atoms with van der Waals surface area (Å²) in [6, 6.07) is 8.55. The van der Waals surface area contributed by atoms with Crippen molar-refractivity contribution in [1.82, 2.24) is 10.2 Å². The number of nitrogens with zero attached hydrogens (tertiary/aromatic N) is 1. The maximum Gasteiger partial charge on any atom is 0.220 e. The Morgan fingerprint density at radius 1 is 1.07 bits per heavy atom. The highest BCUT2D eigenvalue weighted by molar-refractivity contribution is 5.76. The quantitative estimate of drug-likeness (QED) is 0.741. The van der Waals surface area contributed by atoms with Gasteiger partial charge in [-0.05, 0) is 79.2 Å². The molecule has 4 heteroatoms. The summed E-state index contributed by atoms with van der Waals surface area (Å²) < 4.78 is 0. The summed E-state index contributed by atoms with van der Waals surface area (Å²) in [4.78, 5) is 15.0. The number of benzene rings is 1. The van der Waals surface area contributed by atoms with E-state index in [4.69, 9.17) is 0 Å². The Balaban J connectivity index is 1.09. The zero-order valence-corrected chi connectivity index (χ0v) is 17.8. The predicted octanol–water partition coefficient (Wildman–Crippen LogP) is 3.52. The molecular weight excluding hydrogens is 360 g/mol. The van der Waals surface area contributed by atoms with Crippen molar-refractivity contribution in [3.8, 4) is 0 Å². The maximum absolute atomic E-state index is 12.7. The molecule has 0 aromatic heterocycles. The van der Waals surface area contributed by atoms with E-state index in [0.29, 0.717) is 26.1 Å². The van der Waals surface area contributed by atoms with Crippen LogP contribution in [-0.4, -0.2) is 41.1 Å². The van der Waals surface area contributed by atoms with Gasteiger partial charge in [0.1, 0.15) is 5.60 Å². The smallest absolute Gasteiger partial charge is 0.220 e. The SMILES string of the molecule is CCc1ccccc1CN1CC(O)(CNC(=O)CC23CC4CC(CC(C4)C2)C3)C1. The van der Waals surface area contributed by atoms with Crippen molar-refractivity contribution in [2.24, 2.45) is 23.2 Å². The average molecular weight is 397 g/mol. The summed E-state index contributed by atoms with van der Waals surface area (Å²) in [5.74, 6) is 2.80. The van der Waals surface area contributed by atoms with Crippen molar-refractivity contribution in [2.45, 2.75) is 70.4 Å². The van der Waals surface area contributed by atoms with Gasteiger partial charge in [0.05, 0.1) is 0 Å². The Labute approximate surface area is 175 Å². The predicted molar refractivity (Wildman–Crippen MR) is 114 cm³/mol. The molecule has 4 aliphatic carbocycles. The number of aryl methyl sites for hydroxylation is 1. The fourth-order valence-electron chi connectivity index (χ4n) is 7.48. The van der Waals surface area contributed by atoms with Crippen LogP contribution >= 0.6 is 0 Å². The molecule has 0 spiro atoms. The van der Waals surface area contributed by atoms with Crippen molar-refractivity contribution in [1.29, 1.82) is 0 Å². The maximum atomic E-state index is 12.7. The van der Waals surface area contributed by atoms with Gasteiger partial charge in [0.25, 0.3) is 0 Å². The van der Waals surface area contributed by atoms with Crippen LogP contribution in [0.4, 0.5) is 0 Å². The fourth-order valence-corrected chi connectivity index (χ4v) is 7.48. The zero-order chi connectivity index (χ0) is 20.1. The Morgan fingerprint density at radius 2 is 1.66 bits per heavy atom. The fraction of sp³-hybridized carbons (Fsp3) is 0.720. The molecule has 6 rings (SSSR count). The summed E-state index contributed by atoms with van der Waals surface area (Å²) in [6.45, 7) is 4.74. The monoisotopic (exact) mass is 396 g/mol. The molecule has 1 heterocycles. The van der Waals surface area contributed by atoms with E-state index in [-0.39, 0.29) is 11.3 Å². The highest BCUT2D eigenvalue weighted by atomic mass is 16.3. The van der Waals surface area contributed by atoms with Crippen LogP contribution in [0.25, 0.3) is 0 Å². The number of carbonyl (C=O) groups excluding carboxylic acids is 1. The first-order valence-electron chi connectivity index (χ1n) is 11.7. The molecule has 0 radical (unpaired) electrons. The number of likely N-dealkylation sites (tertiary alicyclic amines) is 1. The van der Waals surface area contributed by atoms with Gasteiger partial charge in [0, 0.05) is 32.6 Å². The van der Waals surface area contributed by atoms with Gasteiger partial charge < -0.3 is 10.4 Å². The van der Waals surface area contributed by atoms with Crippen LogP contribution in [-0.2, 0) is 17.8 Å².